The molecule has 2 nitrogen and oxygen atoms in total. The Morgan fingerprint density at radius 3 is 2.62 bits per heavy atom. The van der Waals surface area contributed by atoms with Gasteiger partial charge in [-0.05, 0) is 24.1 Å². The van der Waals surface area contributed by atoms with Gasteiger partial charge in [-0.1, -0.05) is 30.3 Å². The molecule has 0 amide bonds. The van der Waals surface area contributed by atoms with Crippen LogP contribution < -0.4 is 0 Å². The van der Waals surface area contributed by atoms with Crippen molar-refractivity contribution in [2.45, 2.75) is 13.3 Å². The van der Waals surface area contributed by atoms with Gasteiger partial charge in [-0.2, -0.15) is 0 Å². The normalized spacial score (nSPS) is 10.1. The molecule has 0 radical (unpaired) electrons. The maximum absolute atomic E-state index is 11.9. The number of hydrogen-bond donors (Lipinski definition) is 0. The van der Waals surface area contributed by atoms with E-state index < -0.39 is 0 Å². The second-order valence-electron chi connectivity index (χ2n) is 3.77. The number of aryl methyl sites for hydroxylation is 1. The molecule has 0 saturated heterocycles. The number of nitrogens with zero attached hydrogens (tertiary/aromatic N) is 1. The largest absolute Gasteiger partial charge is 0.294 e. The third-order valence-electron chi connectivity index (χ3n) is 2.58. The minimum absolute atomic E-state index is 0.148. The minimum Gasteiger partial charge on any atom is -0.294 e. The van der Waals surface area contributed by atoms with E-state index in [0.29, 0.717) is 6.42 Å². The summed E-state index contributed by atoms with van der Waals surface area (Å²) in [5.74, 6) is 0.148. The third-order valence-corrected chi connectivity index (χ3v) is 2.58. The van der Waals surface area contributed by atoms with E-state index in [0.717, 1.165) is 16.7 Å². The van der Waals surface area contributed by atoms with Crippen LogP contribution in [0.15, 0.2) is 48.8 Å². The number of carbonyl (C=O) groups is 1. The molecule has 0 N–H and O–H groups in total. The lowest BCUT2D eigenvalue weighted by Crippen LogP contribution is -2.04. The van der Waals surface area contributed by atoms with Gasteiger partial charge >= 0.3 is 0 Å². The molecule has 0 aliphatic carbocycles. The first-order chi connectivity index (χ1) is 7.77. The highest BCUT2D eigenvalue weighted by molar-refractivity contribution is 5.97. The predicted octanol–water partition coefficient (Wildman–Crippen LogP) is 2.82. The van der Waals surface area contributed by atoms with Gasteiger partial charge < -0.3 is 0 Å². The fraction of sp³-hybridized carbons (Fsp3) is 0.143. The van der Waals surface area contributed by atoms with Crippen molar-refractivity contribution >= 4 is 5.78 Å². The van der Waals surface area contributed by atoms with Crippen LogP contribution in [-0.4, -0.2) is 10.8 Å². The molecule has 0 aliphatic heterocycles. The SMILES string of the molecule is Cc1cnccc1CC(=O)c1ccccc1. The standard InChI is InChI=1S/C14H13NO/c1-11-10-15-8-7-13(11)9-14(16)12-5-3-2-4-6-12/h2-8,10H,9H2,1H3. The summed E-state index contributed by atoms with van der Waals surface area (Å²) in [6.45, 7) is 1.97. The highest BCUT2D eigenvalue weighted by atomic mass is 16.1. The third kappa shape index (κ3) is 2.34. The van der Waals surface area contributed by atoms with Crippen molar-refractivity contribution in [2.24, 2.45) is 0 Å². The minimum atomic E-state index is 0.148. The molecule has 16 heavy (non-hydrogen) atoms. The molecule has 1 heterocycles. The molecule has 80 valence electrons. The number of carbonyl (C=O) groups excluding carboxylic acids is 1. The molecule has 0 aliphatic rings. The van der Waals surface area contributed by atoms with E-state index in [1.807, 2.05) is 43.3 Å². The lowest BCUT2D eigenvalue weighted by atomic mass is 10.0. The predicted molar refractivity (Wildman–Crippen MR) is 63.5 cm³/mol. The van der Waals surface area contributed by atoms with Crippen LogP contribution in [-0.2, 0) is 6.42 Å². The Morgan fingerprint density at radius 1 is 1.19 bits per heavy atom. The van der Waals surface area contributed by atoms with Gasteiger partial charge in [0.1, 0.15) is 0 Å². The molecular weight excluding hydrogens is 198 g/mol. The summed E-state index contributed by atoms with van der Waals surface area (Å²) in [5, 5.41) is 0. The van der Waals surface area contributed by atoms with Crippen LogP contribution in [0.4, 0.5) is 0 Å². The van der Waals surface area contributed by atoms with E-state index in [1.54, 1.807) is 12.4 Å². The molecule has 0 saturated carbocycles. The maximum Gasteiger partial charge on any atom is 0.167 e. The van der Waals surface area contributed by atoms with Crippen molar-refractivity contribution in [3.63, 3.8) is 0 Å². The summed E-state index contributed by atoms with van der Waals surface area (Å²) in [7, 11) is 0. The lowest BCUT2D eigenvalue weighted by molar-refractivity contribution is 0.0993. The van der Waals surface area contributed by atoms with Crippen LogP contribution in [0.1, 0.15) is 21.5 Å². The summed E-state index contributed by atoms with van der Waals surface area (Å²) >= 11 is 0. The highest BCUT2D eigenvalue weighted by Crippen LogP contribution is 2.10. The molecule has 1 aromatic heterocycles. The molecule has 0 bridgehead atoms. The fourth-order valence-electron chi connectivity index (χ4n) is 1.60. The van der Waals surface area contributed by atoms with E-state index in [2.05, 4.69) is 4.98 Å². The molecular formula is C14H13NO. The first kappa shape index (κ1) is 10.6. The summed E-state index contributed by atoms with van der Waals surface area (Å²) in [4.78, 5) is 16.0. The van der Waals surface area contributed by atoms with Gasteiger partial charge in [0.05, 0.1) is 0 Å². The summed E-state index contributed by atoms with van der Waals surface area (Å²) in [5.41, 5.74) is 2.87. The topological polar surface area (TPSA) is 30.0 Å². The van der Waals surface area contributed by atoms with Gasteiger partial charge in [0.15, 0.2) is 5.78 Å². The zero-order chi connectivity index (χ0) is 11.4. The molecule has 1 aromatic carbocycles. The van der Waals surface area contributed by atoms with E-state index in [4.69, 9.17) is 0 Å². The van der Waals surface area contributed by atoms with Crippen molar-refractivity contribution in [1.82, 2.24) is 4.98 Å². The first-order valence-corrected chi connectivity index (χ1v) is 5.25. The number of ketones is 1. The number of Topliss-reactive ketones (excluding diaryl/α,β-unsaturated/α-hetero) is 1. The van der Waals surface area contributed by atoms with E-state index in [9.17, 15) is 4.79 Å². The number of hydrogen-bond acceptors (Lipinski definition) is 2. The Labute approximate surface area is 95.0 Å². The smallest absolute Gasteiger partial charge is 0.167 e. The molecule has 0 atom stereocenters. The van der Waals surface area contributed by atoms with Gasteiger partial charge in [0.2, 0.25) is 0 Å². The fourth-order valence-corrected chi connectivity index (χ4v) is 1.60. The van der Waals surface area contributed by atoms with Gasteiger partial charge in [0.25, 0.3) is 0 Å². The number of pyridine rings is 1. The van der Waals surface area contributed by atoms with E-state index in [1.165, 1.54) is 0 Å². The molecule has 0 fully saturated rings. The Morgan fingerprint density at radius 2 is 1.94 bits per heavy atom. The van der Waals surface area contributed by atoms with Crippen LogP contribution in [0.25, 0.3) is 0 Å². The molecule has 0 unspecified atom stereocenters. The highest BCUT2D eigenvalue weighted by Gasteiger charge is 2.07. The van der Waals surface area contributed by atoms with Gasteiger partial charge in [-0.25, -0.2) is 0 Å². The second-order valence-corrected chi connectivity index (χ2v) is 3.77. The van der Waals surface area contributed by atoms with E-state index >= 15 is 0 Å². The summed E-state index contributed by atoms with van der Waals surface area (Å²) < 4.78 is 0. The van der Waals surface area contributed by atoms with E-state index in [-0.39, 0.29) is 5.78 Å². The second kappa shape index (κ2) is 4.71. The van der Waals surface area contributed by atoms with Crippen molar-refractivity contribution < 1.29 is 4.79 Å². The molecule has 2 heteroatoms. The molecule has 0 spiro atoms. The van der Waals surface area contributed by atoms with Crippen molar-refractivity contribution in [3.8, 4) is 0 Å². The van der Waals surface area contributed by atoms with Crippen molar-refractivity contribution in [2.75, 3.05) is 0 Å². The van der Waals surface area contributed by atoms with Gasteiger partial charge in [-0.15, -0.1) is 0 Å². The maximum atomic E-state index is 11.9. The number of rotatable bonds is 3. The lowest BCUT2D eigenvalue weighted by Gasteiger charge is -2.04. The van der Waals surface area contributed by atoms with Crippen molar-refractivity contribution in [1.29, 1.82) is 0 Å². The zero-order valence-corrected chi connectivity index (χ0v) is 9.18. The van der Waals surface area contributed by atoms with Crippen LogP contribution in [0.3, 0.4) is 0 Å². The Hall–Kier alpha value is -1.96. The first-order valence-electron chi connectivity index (χ1n) is 5.25. The quantitative estimate of drug-likeness (QED) is 0.731. The van der Waals surface area contributed by atoms with Crippen LogP contribution in [0, 0.1) is 6.92 Å². The Balaban J connectivity index is 2.18. The average Bonchev–Trinajstić information content (AvgIpc) is 2.33. The number of benzene rings is 1. The van der Waals surface area contributed by atoms with Crippen LogP contribution >= 0.6 is 0 Å². The monoisotopic (exact) mass is 211 g/mol. The summed E-state index contributed by atoms with van der Waals surface area (Å²) in [6.07, 6.45) is 3.95. The molecule has 2 aromatic rings. The van der Waals surface area contributed by atoms with Crippen LogP contribution in [0.2, 0.25) is 0 Å². The van der Waals surface area contributed by atoms with Gasteiger partial charge in [0, 0.05) is 24.4 Å². The molecule has 2 rings (SSSR count). The Kier molecular flexibility index (Phi) is 3.10. The number of aromatic nitrogens is 1. The van der Waals surface area contributed by atoms with Gasteiger partial charge in [-0.3, -0.25) is 9.78 Å². The van der Waals surface area contributed by atoms with Crippen LogP contribution in [0.5, 0.6) is 0 Å². The van der Waals surface area contributed by atoms with Crippen molar-refractivity contribution in [3.05, 3.63) is 65.5 Å². The Bertz CT molecular complexity index is 491. The zero-order valence-electron chi connectivity index (χ0n) is 9.18. The summed E-state index contributed by atoms with van der Waals surface area (Å²) in [6, 6.07) is 11.3. The average molecular weight is 211 g/mol.